The number of rotatable bonds is 2. The molecule has 0 radical (unpaired) electrons. The lowest BCUT2D eigenvalue weighted by atomic mass is 10.1. The number of imidazole rings is 1. The smallest absolute Gasteiger partial charge is 0.132 e. The average Bonchev–Trinajstić information content (AvgIpc) is 2.61. The van der Waals surface area contributed by atoms with Crippen molar-refractivity contribution in [3.05, 3.63) is 40.8 Å². The summed E-state index contributed by atoms with van der Waals surface area (Å²) in [6.45, 7) is 1.85. The van der Waals surface area contributed by atoms with Crippen LogP contribution in [0.5, 0.6) is 0 Å². The van der Waals surface area contributed by atoms with Gasteiger partial charge in [-0.2, -0.15) is 0 Å². The summed E-state index contributed by atoms with van der Waals surface area (Å²) in [6, 6.07) is 7.46. The van der Waals surface area contributed by atoms with Crippen molar-refractivity contribution < 1.29 is 5.11 Å². The van der Waals surface area contributed by atoms with Gasteiger partial charge in [0, 0.05) is 16.3 Å². The van der Waals surface area contributed by atoms with Crippen molar-refractivity contribution in [2.24, 2.45) is 0 Å². The van der Waals surface area contributed by atoms with Gasteiger partial charge in [0.15, 0.2) is 0 Å². The molecule has 0 unspecified atom stereocenters. The van der Waals surface area contributed by atoms with Gasteiger partial charge in [-0.15, -0.1) is 0 Å². The molecule has 0 amide bonds. The van der Waals surface area contributed by atoms with Gasteiger partial charge in [-0.3, -0.25) is 0 Å². The number of hydrogen-bond donors (Lipinski definition) is 2. The molecule has 0 fully saturated rings. The monoisotopic (exact) mass is 222 g/mol. The first kappa shape index (κ1) is 10.2. The molecule has 1 aromatic carbocycles. The summed E-state index contributed by atoms with van der Waals surface area (Å²) in [5, 5.41) is 9.65. The van der Waals surface area contributed by atoms with Crippen molar-refractivity contribution >= 4 is 11.6 Å². The molecule has 2 rings (SSSR count). The number of aryl methyl sites for hydroxylation is 1. The van der Waals surface area contributed by atoms with E-state index < -0.39 is 0 Å². The topological polar surface area (TPSA) is 48.9 Å². The third-order valence-corrected chi connectivity index (χ3v) is 2.45. The molecule has 0 saturated heterocycles. The zero-order valence-corrected chi connectivity index (χ0v) is 9.04. The standard InChI is InChI=1S/C11H11ClN2O/c1-7-11(14-10(6-15)13-7)8-2-4-9(12)5-3-8/h2-5,15H,6H2,1H3,(H,13,14). The molecule has 4 heteroatoms. The number of aromatic nitrogens is 2. The molecule has 0 bridgehead atoms. The minimum absolute atomic E-state index is 0.0750. The lowest BCUT2D eigenvalue weighted by molar-refractivity contribution is 0.272. The Morgan fingerprint density at radius 3 is 2.53 bits per heavy atom. The van der Waals surface area contributed by atoms with Crippen LogP contribution in [0.15, 0.2) is 24.3 Å². The van der Waals surface area contributed by atoms with Gasteiger partial charge in [0.1, 0.15) is 12.4 Å². The molecule has 2 N–H and O–H groups in total. The van der Waals surface area contributed by atoms with E-state index in [0.29, 0.717) is 10.8 Å². The van der Waals surface area contributed by atoms with Crippen molar-refractivity contribution in [1.29, 1.82) is 0 Å². The van der Waals surface area contributed by atoms with Crippen LogP contribution in [0.1, 0.15) is 11.5 Å². The van der Waals surface area contributed by atoms with Crippen LogP contribution in [-0.4, -0.2) is 15.1 Å². The van der Waals surface area contributed by atoms with E-state index in [1.54, 1.807) is 0 Å². The Bertz CT molecular complexity index is 462. The molecule has 0 saturated carbocycles. The van der Waals surface area contributed by atoms with E-state index in [1.165, 1.54) is 0 Å². The summed E-state index contributed by atoms with van der Waals surface area (Å²) < 4.78 is 0. The normalized spacial score (nSPS) is 10.6. The molecule has 0 atom stereocenters. The number of halogens is 1. The largest absolute Gasteiger partial charge is 0.388 e. The predicted molar refractivity (Wildman–Crippen MR) is 59.7 cm³/mol. The van der Waals surface area contributed by atoms with Gasteiger partial charge in [-0.1, -0.05) is 23.7 Å². The summed E-state index contributed by atoms with van der Waals surface area (Å²) >= 11 is 5.80. The van der Waals surface area contributed by atoms with E-state index in [9.17, 15) is 0 Å². The van der Waals surface area contributed by atoms with Crippen LogP contribution in [0.3, 0.4) is 0 Å². The lowest BCUT2D eigenvalue weighted by Crippen LogP contribution is -1.84. The van der Waals surface area contributed by atoms with E-state index in [1.807, 2.05) is 31.2 Å². The minimum Gasteiger partial charge on any atom is -0.388 e. The Morgan fingerprint density at radius 2 is 2.00 bits per heavy atom. The fourth-order valence-electron chi connectivity index (χ4n) is 1.49. The Balaban J connectivity index is 2.44. The fourth-order valence-corrected chi connectivity index (χ4v) is 1.61. The molecule has 0 aliphatic carbocycles. The maximum atomic E-state index is 8.95. The quantitative estimate of drug-likeness (QED) is 0.821. The van der Waals surface area contributed by atoms with Crippen LogP contribution in [0.4, 0.5) is 0 Å². The predicted octanol–water partition coefficient (Wildman–Crippen LogP) is 2.53. The lowest BCUT2D eigenvalue weighted by Gasteiger charge is -1.98. The summed E-state index contributed by atoms with van der Waals surface area (Å²) in [4.78, 5) is 7.29. The van der Waals surface area contributed by atoms with E-state index in [-0.39, 0.29) is 6.61 Å². The molecule has 1 heterocycles. The molecule has 0 spiro atoms. The van der Waals surface area contributed by atoms with Crippen LogP contribution in [0.2, 0.25) is 5.02 Å². The van der Waals surface area contributed by atoms with Crippen molar-refractivity contribution in [3.8, 4) is 11.3 Å². The highest BCUT2D eigenvalue weighted by Crippen LogP contribution is 2.22. The first-order valence-corrected chi connectivity index (χ1v) is 5.01. The number of nitrogens with one attached hydrogen (secondary N) is 1. The Hall–Kier alpha value is -1.32. The number of aliphatic hydroxyl groups excluding tert-OH is 1. The molecule has 3 nitrogen and oxygen atoms in total. The van der Waals surface area contributed by atoms with E-state index in [0.717, 1.165) is 17.0 Å². The number of benzene rings is 1. The second kappa shape index (κ2) is 4.04. The van der Waals surface area contributed by atoms with Gasteiger partial charge < -0.3 is 10.1 Å². The van der Waals surface area contributed by atoms with E-state index >= 15 is 0 Å². The van der Waals surface area contributed by atoms with Crippen LogP contribution in [0.25, 0.3) is 11.3 Å². The number of aromatic amines is 1. The first-order valence-electron chi connectivity index (χ1n) is 4.63. The molecule has 0 aliphatic rings. The summed E-state index contributed by atoms with van der Waals surface area (Å²) in [6.07, 6.45) is 0. The van der Waals surface area contributed by atoms with Gasteiger partial charge in [-0.25, -0.2) is 4.98 Å². The molecular weight excluding hydrogens is 212 g/mol. The number of H-pyrrole nitrogens is 1. The second-order valence-electron chi connectivity index (χ2n) is 3.32. The summed E-state index contributed by atoms with van der Waals surface area (Å²) in [5.74, 6) is 0.581. The van der Waals surface area contributed by atoms with Crippen molar-refractivity contribution in [3.63, 3.8) is 0 Å². The minimum atomic E-state index is -0.0750. The summed E-state index contributed by atoms with van der Waals surface area (Å²) in [5.41, 5.74) is 2.80. The highest BCUT2D eigenvalue weighted by atomic mass is 35.5. The highest BCUT2D eigenvalue weighted by Gasteiger charge is 2.07. The molecule has 0 aliphatic heterocycles. The average molecular weight is 223 g/mol. The van der Waals surface area contributed by atoms with Crippen LogP contribution < -0.4 is 0 Å². The van der Waals surface area contributed by atoms with Crippen molar-refractivity contribution in [2.75, 3.05) is 0 Å². The highest BCUT2D eigenvalue weighted by molar-refractivity contribution is 6.30. The molecule has 15 heavy (non-hydrogen) atoms. The maximum Gasteiger partial charge on any atom is 0.132 e. The van der Waals surface area contributed by atoms with Gasteiger partial charge in [0.25, 0.3) is 0 Å². The van der Waals surface area contributed by atoms with Gasteiger partial charge in [0.2, 0.25) is 0 Å². The zero-order chi connectivity index (χ0) is 10.8. The first-order chi connectivity index (χ1) is 7.20. The number of hydrogen-bond acceptors (Lipinski definition) is 2. The van der Waals surface area contributed by atoms with Crippen LogP contribution in [0, 0.1) is 6.92 Å². The Morgan fingerprint density at radius 1 is 1.33 bits per heavy atom. The maximum absolute atomic E-state index is 8.95. The van der Waals surface area contributed by atoms with Crippen molar-refractivity contribution in [2.45, 2.75) is 13.5 Å². The number of aliphatic hydroxyl groups is 1. The van der Waals surface area contributed by atoms with Crippen LogP contribution in [-0.2, 0) is 6.61 Å². The summed E-state index contributed by atoms with van der Waals surface area (Å²) in [7, 11) is 0. The van der Waals surface area contributed by atoms with E-state index in [2.05, 4.69) is 9.97 Å². The Kier molecular flexibility index (Phi) is 2.75. The zero-order valence-electron chi connectivity index (χ0n) is 8.29. The molecular formula is C11H11ClN2O. The fraction of sp³-hybridized carbons (Fsp3) is 0.182. The van der Waals surface area contributed by atoms with Gasteiger partial charge in [0.05, 0.1) is 5.69 Å². The van der Waals surface area contributed by atoms with Crippen molar-refractivity contribution in [1.82, 2.24) is 9.97 Å². The third kappa shape index (κ3) is 2.03. The number of nitrogens with zero attached hydrogens (tertiary/aromatic N) is 1. The second-order valence-corrected chi connectivity index (χ2v) is 3.76. The Labute approximate surface area is 92.7 Å². The van der Waals surface area contributed by atoms with Gasteiger partial charge in [-0.05, 0) is 19.1 Å². The third-order valence-electron chi connectivity index (χ3n) is 2.20. The SMILES string of the molecule is Cc1[nH]c(CO)nc1-c1ccc(Cl)cc1. The molecule has 1 aromatic heterocycles. The molecule has 2 aromatic rings. The molecule has 78 valence electrons. The van der Waals surface area contributed by atoms with E-state index in [4.69, 9.17) is 16.7 Å². The van der Waals surface area contributed by atoms with Gasteiger partial charge >= 0.3 is 0 Å². The van der Waals surface area contributed by atoms with Crippen LogP contribution >= 0.6 is 11.6 Å².